The van der Waals surface area contributed by atoms with Crippen LogP contribution in [0.2, 0.25) is 5.02 Å². The van der Waals surface area contributed by atoms with Crippen molar-refractivity contribution in [2.45, 2.75) is 19.2 Å². The van der Waals surface area contributed by atoms with Gasteiger partial charge in [-0.3, -0.25) is 0 Å². The van der Waals surface area contributed by atoms with E-state index in [-0.39, 0.29) is 0 Å². The molecule has 0 radical (unpaired) electrons. The maximum absolute atomic E-state index is 5.95. The summed E-state index contributed by atoms with van der Waals surface area (Å²) in [5.41, 5.74) is 5.31. The number of rotatable bonds is 3. The van der Waals surface area contributed by atoms with Crippen molar-refractivity contribution in [3.05, 3.63) is 58.9 Å². The molecular formula is C16H14Cl2N2. The van der Waals surface area contributed by atoms with Crippen molar-refractivity contribution in [1.82, 2.24) is 9.38 Å². The van der Waals surface area contributed by atoms with Crippen LogP contribution in [0.1, 0.15) is 18.2 Å². The lowest BCUT2D eigenvalue weighted by atomic mass is 10.1. The summed E-state index contributed by atoms with van der Waals surface area (Å²) in [5.74, 6) is 0.501. The maximum Gasteiger partial charge on any atom is 0.137 e. The van der Waals surface area contributed by atoms with E-state index in [0.29, 0.717) is 5.88 Å². The molecule has 0 saturated heterocycles. The number of aryl methyl sites for hydroxylation is 1. The number of halogens is 2. The highest BCUT2D eigenvalue weighted by Gasteiger charge is 2.12. The van der Waals surface area contributed by atoms with E-state index >= 15 is 0 Å². The Hall–Kier alpha value is -1.51. The third kappa shape index (κ3) is 2.30. The lowest BCUT2D eigenvalue weighted by Crippen LogP contribution is -1.93. The average molecular weight is 305 g/mol. The number of hydrogen-bond donors (Lipinski definition) is 0. The molecule has 4 heteroatoms. The van der Waals surface area contributed by atoms with Gasteiger partial charge in [0, 0.05) is 22.7 Å². The van der Waals surface area contributed by atoms with Gasteiger partial charge in [-0.2, -0.15) is 0 Å². The molecule has 20 heavy (non-hydrogen) atoms. The monoisotopic (exact) mass is 304 g/mol. The van der Waals surface area contributed by atoms with Crippen LogP contribution in [0.3, 0.4) is 0 Å². The fraction of sp³-hybridized carbons (Fsp3) is 0.188. The van der Waals surface area contributed by atoms with E-state index in [9.17, 15) is 0 Å². The van der Waals surface area contributed by atoms with E-state index in [0.717, 1.165) is 33.9 Å². The average Bonchev–Trinajstić information content (AvgIpc) is 2.85. The van der Waals surface area contributed by atoms with Gasteiger partial charge in [0.25, 0.3) is 0 Å². The summed E-state index contributed by atoms with van der Waals surface area (Å²) in [6.07, 6.45) is 2.96. The quantitative estimate of drug-likeness (QED) is 0.625. The fourth-order valence-corrected chi connectivity index (χ4v) is 2.69. The highest BCUT2D eigenvalue weighted by Crippen LogP contribution is 2.26. The van der Waals surface area contributed by atoms with Gasteiger partial charge in [0.15, 0.2) is 0 Å². The van der Waals surface area contributed by atoms with Crippen molar-refractivity contribution >= 4 is 28.8 Å². The highest BCUT2D eigenvalue weighted by molar-refractivity contribution is 6.30. The minimum absolute atomic E-state index is 0.501. The Morgan fingerprint density at radius 2 is 1.90 bits per heavy atom. The van der Waals surface area contributed by atoms with E-state index < -0.39 is 0 Å². The summed E-state index contributed by atoms with van der Waals surface area (Å²) >= 11 is 11.8. The van der Waals surface area contributed by atoms with E-state index in [1.54, 1.807) is 0 Å². The topological polar surface area (TPSA) is 17.3 Å². The zero-order valence-corrected chi connectivity index (χ0v) is 12.6. The summed E-state index contributed by atoms with van der Waals surface area (Å²) in [6, 6.07) is 11.9. The lowest BCUT2D eigenvalue weighted by molar-refractivity contribution is 0.994. The number of hydrogen-bond acceptors (Lipinski definition) is 1. The molecule has 2 heterocycles. The third-order valence-corrected chi connectivity index (χ3v) is 3.96. The summed E-state index contributed by atoms with van der Waals surface area (Å²) in [4.78, 5) is 4.75. The molecule has 102 valence electrons. The second kappa shape index (κ2) is 5.47. The maximum atomic E-state index is 5.95. The Kier molecular flexibility index (Phi) is 3.68. The molecular weight excluding hydrogens is 291 g/mol. The molecule has 0 saturated carbocycles. The molecule has 0 aliphatic carbocycles. The summed E-state index contributed by atoms with van der Waals surface area (Å²) in [7, 11) is 0. The Morgan fingerprint density at radius 3 is 2.55 bits per heavy atom. The first-order valence-corrected chi connectivity index (χ1v) is 7.46. The summed E-state index contributed by atoms with van der Waals surface area (Å²) in [5, 5.41) is 0.736. The number of alkyl halides is 1. The van der Waals surface area contributed by atoms with E-state index in [1.165, 1.54) is 5.69 Å². The molecule has 3 rings (SSSR count). The zero-order valence-electron chi connectivity index (χ0n) is 11.1. The van der Waals surface area contributed by atoms with Crippen molar-refractivity contribution in [3.8, 4) is 11.3 Å². The number of pyridine rings is 1. The Balaban J connectivity index is 2.21. The van der Waals surface area contributed by atoms with Crippen LogP contribution in [0.15, 0.2) is 42.6 Å². The van der Waals surface area contributed by atoms with Gasteiger partial charge in [-0.1, -0.05) is 30.7 Å². The van der Waals surface area contributed by atoms with Crippen LogP contribution in [-0.2, 0) is 12.3 Å². The molecule has 0 amide bonds. The molecule has 0 fully saturated rings. The lowest BCUT2D eigenvalue weighted by Gasteiger charge is -2.03. The first kappa shape index (κ1) is 13.5. The fourth-order valence-electron chi connectivity index (χ4n) is 2.40. The summed E-state index contributed by atoms with van der Waals surface area (Å²) in [6.45, 7) is 2.14. The van der Waals surface area contributed by atoms with Gasteiger partial charge in [-0.15, -0.1) is 11.6 Å². The molecule has 0 spiro atoms. The predicted molar refractivity (Wildman–Crippen MR) is 84.6 cm³/mol. The first-order valence-electron chi connectivity index (χ1n) is 6.54. The number of aromatic nitrogens is 2. The standard InChI is InChI=1S/C16H14Cl2N2/c1-2-14-16(12-3-5-13(18)6-4-12)19-15-9-11(10-17)7-8-20(14)15/h3-9H,2,10H2,1H3. The van der Waals surface area contributed by atoms with Crippen LogP contribution in [0.25, 0.3) is 16.9 Å². The molecule has 2 nitrogen and oxygen atoms in total. The largest absolute Gasteiger partial charge is 0.303 e. The smallest absolute Gasteiger partial charge is 0.137 e. The van der Waals surface area contributed by atoms with Crippen LogP contribution in [0.5, 0.6) is 0 Å². The highest BCUT2D eigenvalue weighted by atomic mass is 35.5. The second-order valence-electron chi connectivity index (χ2n) is 4.66. The molecule has 0 N–H and O–H groups in total. The van der Waals surface area contributed by atoms with E-state index in [4.69, 9.17) is 28.2 Å². The van der Waals surface area contributed by atoms with Gasteiger partial charge in [-0.05, 0) is 36.2 Å². The van der Waals surface area contributed by atoms with Gasteiger partial charge in [0.05, 0.1) is 11.4 Å². The number of nitrogens with zero attached hydrogens (tertiary/aromatic N) is 2. The van der Waals surface area contributed by atoms with Crippen LogP contribution in [0.4, 0.5) is 0 Å². The molecule has 3 aromatic rings. The minimum Gasteiger partial charge on any atom is -0.303 e. The Labute approximate surface area is 128 Å². The van der Waals surface area contributed by atoms with Gasteiger partial charge in [0.2, 0.25) is 0 Å². The molecule has 2 aromatic heterocycles. The summed E-state index contributed by atoms with van der Waals surface area (Å²) < 4.78 is 2.12. The van der Waals surface area contributed by atoms with Crippen LogP contribution in [0, 0.1) is 0 Å². The Bertz CT molecular complexity index is 745. The van der Waals surface area contributed by atoms with Crippen LogP contribution >= 0.6 is 23.2 Å². The molecule has 0 bridgehead atoms. The van der Waals surface area contributed by atoms with Gasteiger partial charge < -0.3 is 4.40 Å². The molecule has 0 atom stereocenters. The SMILES string of the molecule is CCc1c(-c2ccc(Cl)cc2)nc2cc(CCl)ccn12. The van der Waals surface area contributed by atoms with Crippen LogP contribution in [-0.4, -0.2) is 9.38 Å². The normalized spacial score (nSPS) is 11.2. The third-order valence-electron chi connectivity index (χ3n) is 3.40. The number of benzene rings is 1. The van der Waals surface area contributed by atoms with Crippen molar-refractivity contribution < 1.29 is 0 Å². The van der Waals surface area contributed by atoms with Crippen molar-refractivity contribution in [2.24, 2.45) is 0 Å². The molecule has 1 aromatic carbocycles. The van der Waals surface area contributed by atoms with Crippen molar-refractivity contribution in [2.75, 3.05) is 0 Å². The van der Waals surface area contributed by atoms with Crippen molar-refractivity contribution in [3.63, 3.8) is 0 Å². The first-order chi connectivity index (χ1) is 9.72. The number of fused-ring (bicyclic) bond motifs is 1. The van der Waals surface area contributed by atoms with Gasteiger partial charge in [0.1, 0.15) is 5.65 Å². The molecule has 0 unspecified atom stereocenters. The Morgan fingerprint density at radius 1 is 1.15 bits per heavy atom. The van der Waals surface area contributed by atoms with Gasteiger partial charge in [-0.25, -0.2) is 4.98 Å². The van der Waals surface area contributed by atoms with Crippen LogP contribution < -0.4 is 0 Å². The number of imidazole rings is 1. The van der Waals surface area contributed by atoms with Crippen molar-refractivity contribution in [1.29, 1.82) is 0 Å². The van der Waals surface area contributed by atoms with Gasteiger partial charge >= 0.3 is 0 Å². The molecule has 0 aliphatic rings. The van der Waals surface area contributed by atoms with E-state index in [2.05, 4.69) is 11.3 Å². The minimum atomic E-state index is 0.501. The second-order valence-corrected chi connectivity index (χ2v) is 5.37. The predicted octanol–water partition coefficient (Wildman–Crippen LogP) is 4.96. The zero-order chi connectivity index (χ0) is 14.1. The molecule has 0 aliphatic heterocycles. The van der Waals surface area contributed by atoms with E-state index in [1.807, 2.05) is 42.6 Å².